The number of hydrogen-bond acceptors (Lipinski definition) is 2. The van der Waals surface area contributed by atoms with Crippen molar-refractivity contribution in [1.82, 2.24) is 4.90 Å². The maximum atomic E-state index is 11.9. The van der Waals surface area contributed by atoms with Crippen molar-refractivity contribution >= 4 is 6.09 Å². The van der Waals surface area contributed by atoms with E-state index in [2.05, 4.69) is 32.6 Å². The average Bonchev–Trinajstić information content (AvgIpc) is 2.43. The molecule has 20 heavy (non-hydrogen) atoms. The molecule has 1 aliphatic carbocycles. The predicted molar refractivity (Wildman–Crippen MR) is 81.4 cm³/mol. The van der Waals surface area contributed by atoms with Gasteiger partial charge < -0.3 is 4.74 Å². The monoisotopic (exact) mass is 281 g/mol. The smallest absolute Gasteiger partial charge is 0.415 e. The van der Waals surface area contributed by atoms with E-state index in [0.29, 0.717) is 11.8 Å². The molecule has 1 aliphatic heterocycles. The van der Waals surface area contributed by atoms with Crippen molar-refractivity contribution in [2.75, 3.05) is 6.54 Å². The lowest BCUT2D eigenvalue weighted by atomic mass is 9.75. The minimum atomic E-state index is -0.247. The molecule has 0 aromatic rings. The lowest BCUT2D eigenvalue weighted by Crippen LogP contribution is -2.68. The normalized spacial score (nSPS) is 34.8. The van der Waals surface area contributed by atoms with Crippen molar-refractivity contribution in [3.05, 3.63) is 0 Å². The molecule has 2 rings (SSSR count). The second kappa shape index (κ2) is 6.36. The molecule has 0 aromatic heterocycles. The highest BCUT2D eigenvalue weighted by Crippen LogP contribution is 2.46. The van der Waals surface area contributed by atoms with Crippen LogP contribution >= 0.6 is 0 Å². The van der Waals surface area contributed by atoms with Gasteiger partial charge in [-0.3, -0.25) is 4.90 Å². The number of unbranched alkanes of at least 4 members (excludes halogenated alkanes) is 1. The van der Waals surface area contributed by atoms with Crippen LogP contribution in [-0.4, -0.2) is 23.3 Å². The van der Waals surface area contributed by atoms with Gasteiger partial charge in [-0.15, -0.1) is 0 Å². The quantitative estimate of drug-likeness (QED) is 0.699. The van der Waals surface area contributed by atoms with E-state index in [0.717, 1.165) is 31.7 Å². The van der Waals surface area contributed by atoms with Gasteiger partial charge in [-0.1, -0.05) is 47.0 Å². The maximum Gasteiger partial charge on any atom is 0.415 e. The molecule has 0 N–H and O–H groups in total. The number of ether oxygens (including phenoxy) is 1. The fourth-order valence-electron chi connectivity index (χ4n) is 3.70. The third-order valence-electron chi connectivity index (χ3n) is 5.58. The lowest BCUT2D eigenvalue weighted by molar-refractivity contribution is -0.218. The summed E-state index contributed by atoms with van der Waals surface area (Å²) in [7, 11) is 0. The molecule has 0 aromatic carbocycles. The number of amides is 1. The van der Waals surface area contributed by atoms with Crippen LogP contribution in [0.3, 0.4) is 0 Å². The number of nitrogens with zero attached hydrogens (tertiary/aromatic N) is 1. The first-order valence-corrected chi connectivity index (χ1v) is 8.53. The highest BCUT2D eigenvalue weighted by Gasteiger charge is 2.56. The zero-order chi connectivity index (χ0) is 14.8. The Hall–Kier alpha value is -0.730. The fourth-order valence-corrected chi connectivity index (χ4v) is 3.70. The van der Waals surface area contributed by atoms with E-state index in [1.165, 1.54) is 25.7 Å². The molecule has 2 aliphatic rings. The van der Waals surface area contributed by atoms with Crippen LogP contribution in [0.4, 0.5) is 4.79 Å². The maximum absolute atomic E-state index is 11.9. The van der Waals surface area contributed by atoms with Crippen LogP contribution in [0, 0.1) is 17.8 Å². The summed E-state index contributed by atoms with van der Waals surface area (Å²) in [6, 6.07) is 0. The summed E-state index contributed by atoms with van der Waals surface area (Å²) in [5, 5.41) is 0. The lowest BCUT2D eigenvalue weighted by Gasteiger charge is -2.55. The highest BCUT2D eigenvalue weighted by molar-refractivity contribution is 5.74. The van der Waals surface area contributed by atoms with Crippen LogP contribution in [0.1, 0.15) is 72.6 Å². The number of carbonyl (C=O) groups is 1. The van der Waals surface area contributed by atoms with Crippen molar-refractivity contribution < 1.29 is 9.53 Å². The Morgan fingerprint density at radius 2 is 2.10 bits per heavy atom. The molecule has 1 heterocycles. The van der Waals surface area contributed by atoms with E-state index in [9.17, 15) is 4.79 Å². The Morgan fingerprint density at radius 1 is 1.35 bits per heavy atom. The van der Waals surface area contributed by atoms with Crippen molar-refractivity contribution in [1.29, 1.82) is 0 Å². The summed E-state index contributed by atoms with van der Waals surface area (Å²) in [4.78, 5) is 14.0. The molecule has 4 atom stereocenters. The first kappa shape index (κ1) is 15.7. The van der Waals surface area contributed by atoms with E-state index in [1.807, 2.05) is 0 Å². The van der Waals surface area contributed by atoms with Crippen LogP contribution in [0.2, 0.25) is 0 Å². The van der Waals surface area contributed by atoms with Gasteiger partial charge in [-0.2, -0.15) is 0 Å². The molecule has 2 fully saturated rings. The molecule has 3 heteroatoms. The van der Waals surface area contributed by atoms with Crippen LogP contribution in [0.15, 0.2) is 0 Å². The number of carbonyl (C=O) groups excluding carboxylic acids is 1. The van der Waals surface area contributed by atoms with Gasteiger partial charge in [0.05, 0.1) is 0 Å². The summed E-state index contributed by atoms with van der Waals surface area (Å²) in [5.41, 5.74) is -0.247. The molecule has 1 amide bonds. The van der Waals surface area contributed by atoms with E-state index < -0.39 is 0 Å². The van der Waals surface area contributed by atoms with E-state index >= 15 is 0 Å². The highest BCUT2D eigenvalue weighted by atomic mass is 16.6. The topological polar surface area (TPSA) is 29.5 Å². The fraction of sp³-hybridized carbons (Fsp3) is 0.941. The largest absolute Gasteiger partial charge is 0.422 e. The van der Waals surface area contributed by atoms with E-state index in [4.69, 9.17) is 4.74 Å². The standard InChI is InChI=1S/C17H31NO2/c1-5-7-8-15(6-2)12-18-16(19)20-17(18)10-9-13(3)14(4)11-17/h13-15H,5-12H2,1-4H3. The Labute approximate surface area is 124 Å². The van der Waals surface area contributed by atoms with Crippen LogP contribution < -0.4 is 0 Å². The summed E-state index contributed by atoms with van der Waals surface area (Å²) in [6.07, 6.45) is 8.03. The second-order valence-corrected chi connectivity index (χ2v) is 7.04. The van der Waals surface area contributed by atoms with Crippen molar-refractivity contribution in [2.45, 2.75) is 78.4 Å². The zero-order valence-electron chi connectivity index (χ0n) is 13.7. The first-order valence-electron chi connectivity index (χ1n) is 8.53. The summed E-state index contributed by atoms with van der Waals surface area (Å²) < 4.78 is 5.64. The first-order chi connectivity index (χ1) is 9.52. The molecule has 3 nitrogen and oxygen atoms in total. The van der Waals surface area contributed by atoms with Crippen LogP contribution in [0.25, 0.3) is 0 Å². The minimum absolute atomic E-state index is 0.0818. The predicted octanol–water partition coefficient (Wildman–Crippen LogP) is 4.81. The third kappa shape index (κ3) is 2.96. The van der Waals surface area contributed by atoms with E-state index in [1.54, 1.807) is 0 Å². The average molecular weight is 281 g/mol. The van der Waals surface area contributed by atoms with Gasteiger partial charge in [0.2, 0.25) is 0 Å². The molecular weight excluding hydrogens is 250 g/mol. The second-order valence-electron chi connectivity index (χ2n) is 7.04. The van der Waals surface area contributed by atoms with Gasteiger partial charge in [-0.25, -0.2) is 4.79 Å². The van der Waals surface area contributed by atoms with Crippen molar-refractivity contribution in [2.24, 2.45) is 17.8 Å². The SMILES string of the molecule is CCCCC(CC)CN1C(=O)OC12CCC(C)C(C)C2. The molecule has 1 saturated carbocycles. The number of rotatable bonds is 6. The van der Waals surface area contributed by atoms with Gasteiger partial charge in [0.25, 0.3) is 0 Å². The Morgan fingerprint density at radius 3 is 2.65 bits per heavy atom. The van der Waals surface area contributed by atoms with Crippen molar-refractivity contribution in [3.8, 4) is 0 Å². The summed E-state index contributed by atoms with van der Waals surface area (Å²) >= 11 is 0. The Kier molecular flexibility index (Phi) is 4.98. The van der Waals surface area contributed by atoms with E-state index in [-0.39, 0.29) is 11.8 Å². The summed E-state index contributed by atoms with van der Waals surface area (Å²) in [6.45, 7) is 9.99. The van der Waals surface area contributed by atoms with Gasteiger partial charge in [0, 0.05) is 19.4 Å². The van der Waals surface area contributed by atoms with Crippen LogP contribution in [0.5, 0.6) is 0 Å². The molecule has 1 spiro atoms. The molecule has 0 bridgehead atoms. The molecule has 116 valence electrons. The van der Waals surface area contributed by atoms with Gasteiger partial charge in [0.1, 0.15) is 0 Å². The molecular formula is C17H31NO2. The van der Waals surface area contributed by atoms with Gasteiger partial charge in [0.15, 0.2) is 5.72 Å². The molecule has 4 unspecified atom stereocenters. The van der Waals surface area contributed by atoms with Gasteiger partial charge in [-0.05, 0) is 30.6 Å². The summed E-state index contributed by atoms with van der Waals surface area (Å²) in [5.74, 6) is 2.04. The molecule has 1 saturated heterocycles. The Balaban J connectivity index is 1.97. The third-order valence-corrected chi connectivity index (χ3v) is 5.58. The molecule has 0 radical (unpaired) electrons. The minimum Gasteiger partial charge on any atom is -0.422 e. The van der Waals surface area contributed by atoms with Crippen molar-refractivity contribution in [3.63, 3.8) is 0 Å². The Bertz CT molecular complexity index is 344. The van der Waals surface area contributed by atoms with Crippen LogP contribution in [-0.2, 0) is 4.74 Å². The van der Waals surface area contributed by atoms with Gasteiger partial charge >= 0.3 is 6.09 Å². The zero-order valence-corrected chi connectivity index (χ0v) is 13.7. The number of hydrogen-bond donors (Lipinski definition) is 0.